The molecule has 1 heterocycles. The van der Waals surface area contributed by atoms with Crippen LogP contribution in [0.25, 0.3) is 0 Å². The predicted molar refractivity (Wildman–Crippen MR) is 88.1 cm³/mol. The molecule has 12 heteroatoms. The average molecular weight is 362 g/mol. The van der Waals surface area contributed by atoms with Crippen molar-refractivity contribution in [2.24, 2.45) is 10.9 Å². The molecule has 0 aliphatic rings. The van der Waals surface area contributed by atoms with Crippen molar-refractivity contribution in [2.75, 3.05) is 0 Å². The Morgan fingerprint density at radius 3 is 2.46 bits per heavy atom. The van der Waals surface area contributed by atoms with Crippen molar-refractivity contribution in [3.05, 3.63) is 61.9 Å². The first kappa shape index (κ1) is 18.5. The molecule has 1 aromatic heterocycles. The van der Waals surface area contributed by atoms with Gasteiger partial charge in [-0.2, -0.15) is 5.10 Å². The Morgan fingerprint density at radius 1 is 1.27 bits per heavy atom. The summed E-state index contributed by atoms with van der Waals surface area (Å²) in [6, 6.07) is 5.23. The Hall–Kier alpha value is -3.83. The number of non-ortho nitro benzene ring substituents is 1. The number of carbonyl (C=O) groups is 1. The van der Waals surface area contributed by atoms with Crippen LogP contribution in [0.15, 0.2) is 35.6 Å². The van der Waals surface area contributed by atoms with Crippen LogP contribution in [0.3, 0.4) is 0 Å². The molecule has 2 aromatic rings. The SMILES string of the molecule is Cc1nn(CCC(=O)O/N=C(\N)c2ccc([N+](=O)[O-])cc2)cc1[N+](=O)[O-]. The molecule has 0 saturated heterocycles. The highest BCUT2D eigenvalue weighted by Gasteiger charge is 2.16. The molecule has 1 aromatic carbocycles. The fraction of sp³-hybridized carbons (Fsp3) is 0.214. The molecule has 0 spiro atoms. The number of hydrogen-bond donors (Lipinski definition) is 1. The van der Waals surface area contributed by atoms with Crippen LogP contribution in [0.5, 0.6) is 0 Å². The number of nitro groups is 2. The Morgan fingerprint density at radius 2 is 1.92 bits per heavy atom. The van der Waals surface area contributed by atoms with Gasteiger partial charge in [-0.3, -0.25) is 24.9 Å². The molecule has 0 unspecified atom stereocenters. The van der Waals surface area contributed by atoms with E-state index in [1.807, 2.05) is 0 Å². The van der Waals surface area contributed by atoms with Crippen molar-refractivity contribution in [3.63, 3.8) is 0 Å². The number of nitrogens with zero attached hydrogens (tertiary/aromatic N) is 5. The maximum atomic E-state index is 11.7. The molecule has 0 fully saturated rings. The van der Waals surface area contributed by atoms with Crippen LogP contribution in [0.4, 0.5) is 11.4 Å². The number of nitrogens with two attached hydrogens (primary N) is 1. The number of carbonyl (C=O) groups excluding carboxylic acids is 1. The van der Waals surface area contributed by atoms with E-state index in [9.17, 15) is 25.0 Å². The minimum absolute atomic E-state index is 0.0699. The molecule has 26 heavy (non-hydrogen) atoms. The Bertz CT molecular complexity index is 873. The molecule has 2 rings (SSSR count). The topological polar surface area (TPSA) is 169 Å². The van der Waals surface area contributed by atoms with Crippen molar-refractivity contribution in [1.29, 1.82) is 0 Å². The standard InChI is InChI=1S/C14H14N6O6/c1-9-12(20(24)25)8-18(16-9)7-6-13(21)26-17-14(15)10-2-4-11(5-3-10)19(22)23/h2-5,8H,6-7H2,1H3,(H2,15,17). The van der Waals surface area contributed by atoms with Crippen LogP contribution < -0.4 is 5.73 Å². The van der Waals surface area contributed by atoms with Gasteiger partial charge in [0.1, 0.15) is 11.9 Å². The van der Waals surface area contributed by atoms with Gasteiger partial charge in [0.25, 0.3) is 5.69 Å². The monoisotopic (exact) mass is 362 g/mol. The number of amidine groups is 1. The quantitative estimate of drug-likeness (QED) is 0.252. The van der Waals surface area contributed by atoms with E-state index in [1.54, 1.807) is 0 Å². The first-order valence-corrected chi connectivity index (χ1v) is 7.24. The second-order valence-corrected chi connectivity index (χ2v) is 5.11. The lowest BCUT2D eigenvalue weighted by atomic mass is 10.2. The summed E-state index contributed by atoms with van der Waals surface area (Å²) in [7, 11) is 0. The number of nitro benzene ring substituents is 1. The molecule has 0 aliphatic carbocycles. The summed E-state index contributed by atoms with van der Waals surface area (Å²) in [5, 5.41) is 28.7. The molecular formula is C14H14N6O6. The Kier molecular flexibility index (Phi) is 5.57. The van der Waals surface area contributed by atoms with Gasteiger partial charge in [-0.1, -0.05) is 5.16 Å². The van der Waals surface area contributed by atoms with E-state index >= 15 is 0 Å². The van der Waals surface area contributed by atoms with Crippen LogP contribution in [0.1, 0.15) is 17.7 Å². The zero-order chi connectivity index (χ0) is 19.3. The van der Waals surface area contributed by atoms with Crippen LogP contribution in [0, 0.1) is 27.2 Å². The summed E-state index contributed by atoms with van der Waals surface area (Å²) in [5.74, 6) is -0.843. The van der Waals surface area contributed by atoms with Crippen molar-refractivity contribution in [1.82, 2.24) is 9.78 Å². The molecule has 12 nitrogen and oxygen atoms in total. The van der Waals surface area contributed by atoms with Gasteiger partial charge in [-0.15, -0.1) is 0 Å². The lowest BCUT2D eigenvalue weighted by Crippen LogP contribution is -2.15. The maximum absolute atomic E-state index is 11.7. The second kappa shape index (κ2) is 7.83. The zero-order valence-electron chi connectivity index (χ0n) is 13.6. The largest absolute Gasteiger partial charge is 0.380 e. The molecule has 0 bridgehead atoms. The smallest absolute Gasteiger partial charge is 0.336 e. The summed E-state index contributed by atoms with van der Waals surface area (Å²) in [6.07, 6.45) is 1.09. The average Bonchev–Trinajstić information content (AvgIpc) is 2.99. The second-order valence-electron chi connectivity index (χ2n) is 5.11. The lowest BCUT2D eigenvalue weighted by molar-refractivity contribution is -0.385. The van der Waals surface area contributed by atoms with Crippen LogP contribution in [-0.2, 0) is 16.2 Å². The van der Waals surface area contributed by atoms with Gasteiger partial charge in [0.2, 0.25) is 0 Å². The summed E-state index contributed by atoms with van der Waals surface area (Å²) in [4.78, 5) is 36.5. The Balaban J connectivity index is 1.91. The van der Waals surface area contributed by atoms with Gasteiger partial charge in [0, 0.05) is 17.7 Å². The fourth-order valence-corrected chi connectivity index (χ4v) is 1.96. The van der Waals surface area contributed by atoms with E-state index < -0.39 is 15.8 Å². The molecule has 136 valence electrons. The number of aryl methyl sites for hydroxylation is 2. The van der Waals surface area contributed by atoms with Crippen molar-refractivity contribution >= 4 is 23.2 Å². The van der Waals surface area contributed by atoms with E-state index in [1.165, 1.54) is 42.1 Å². The fourth-order valence-electron chi connectivity index (χ4n) is 1.96. The first-order valence-electron chi connectivity index (χ1n) is 7.24. The number of aromatic nitrogens is 2. The number of hydrogen-bond acceptors (Lipinski definition) is 8. The molecule has 0 amide bonds. The normalized spacial score (nSPS) is 11.2. The summed E-state index contributed by atoms with van der Waals surface area (Å²) < 4.78 is 1.26. The van der Waals surface area contributed by atoms with Gasteiger partial charge in [-0.25, -0.2) is 4.79 Å². The summed E-state index contributed by atoms with van der Waals surface area (Å²) in [6.45, 7) is 1.56. The summed E-state index contributed by atoms with van der Waals surface area (Å²) in [5.41, 5.74) is 5.98. The Labute approximate surface area is 146 Å². The van der Waals surface area contributed by atoms with E-state index in [4.69, 9.17) is 5.73 Å². The van der Waals surface area contributed by atoms with Gasteiger partial charge < -0.3 is 10.6 Å². The molecule has 0 aliphatic heterocycles. The number of rotatable bonds is 7. The van der Waals surface area contributed by atoms with Gasteiger partial charge >= 0.3 is 11.7 Å². The van der Waals surface area contributed by atoms with Gasteiger partial charge in [0.15, 0.2) is 5.84 Å². The minimum Gasteiger partial charge on any atom is -0.380 e. The molecule has 2 N–H and O–H groups in total. The van der Waals surface area contributed by atoms with Crippen molar-refractivity contribution in [2.45, 2.75) is 19.9 Å². The highest BCUT2D eigenvalue weighted by molar-refractivity contribution is 5.97. The highest BCUT2D eigenvalue weighted by Crippen LogP contribution is 2.15. The molecule has 0 radical (unpaired) electrons. The molecule has 0 saturated carbocycles. The van der Waals surface area contributed by atoms with Crippen LogP contribution >= 0.6 is 0 Å². The first-order chi connectivity index (χ1) is 12.3. The zero-order valence-corrected chi connectivity index (χ0v) is 13.6. The van der Waals surface area contributed by atoms with Crippen molar-refractivity contribution < 1.29 is 19.5 Å². The van der Waals surface area contributed by atoms with E-state index in [0.29, 0.717) is 5.56 Å². The van der Waals surface area contributed by atoms with Gasteiger partial charge in [0.05, 0.1) is 22.8 Å². The third-order valence-corrected chi connectivity index (χ3v) is 3.28. The van der Waals surface area contributed by atoms with Gasteiger partial charge in [-0.05, 0) is 19.1 Å². The highest BCUT2D eigenvalue weighted by atomic mass is 16.7. The van der Waals surface area contributed by atoms with Crippen LogP contribution in [0.2, 0.25) is 0 Å². The lowest BCUT2D eigenvalue weighted by Gasteiger charge is -2.02. The maximum Gasteiger partial charge on any atom is 0.336 e. The predicted octanol–water partition coefficient (Wildman–Crippen LogP) is 1.26. The minimum atomic E-state index is -0.717. The molecular weight excluding hydrogens is 348 g/mol. The summed E-state index contributed by atoms with van der Waals surface area (Å²) >= 11 is 0. The third-order valence-electron chi connectivity index (χ3n) is 3.28. The van der Waals surface area contributed by atoms with E-state index in [2.05, 4.69) is 15.1 Å². The van der Waals surface area contributed by atoms with Crippen LogP contribution in [-0.4, -0.2) is 31.4 Å². The van der Waals surface area contributed by atoms with E-state index in [-0.39, 0.29) is 35.9 Å². The van der Waals surface area contributed by atoms with E-state index in [0.717, 1.165) is 0 Å². The van der Waals surface area contributed by atoms with Crippen molar-refractivity contribution in [3.8, 4) is 0 Å². The number of oxime groups is 1. The number of benzene rings is 1. The molecule has 0 atom stereocenters. The third kappa shape index (κ3) is 4.59.